The van der Waals surface area contributed by atoms with Gasteiger partial charge in [0.05, 0.1) is 13.2 Å². The van der Waals surface area contributed by atoms with Crippen molar-refractivity contribution in [3.8, 4) is 0 Å². The number of furan rings is 1. The van der Waals surface area contributed by atoms with Crippen LogP contribution in [-0.4, -0.2) is 43.0 Å². The molecule has 116 valence electrons. The zero-order valence-electron chi connectivity index (χ0n) is 12.7. The summed E-state index contributed by atoms with van der Waals surface area (Å²) in [5.74, 6) is 0.550. The zero-order chi connectivity index (χ0) is 15.4. The van der Waals surface area contributed by atoms with E-state index in [9.17, 15) is 9.59 Å². The molecular weight excluding hydrogens is 272 g/mol. The number of amides is 1. The highest BCUT2D eigenvalue weighted by Gasteiger charge is 2.26. The Balaban J connectivity index is 1.92. The van der Waals surface area contributed by atoms with Crippen LogP contribution >= 0.6 is 0 Å². The van der Waals surface area contributed by atoms with Gasteiger partial charge in [0.15, 0.2) is 0 Å². The van der Waals surface area contributed by atoms with E-state index in [1.54, 1.807) is 13.0 Å². The maximum atomic E-state index is 11.4. The summed E-state index contributed by atoms with van der Waals surface area (Å²) in [5, 5.41) is 2.96. The molecule has 1 fully saturated rings. The van der Waals surface area contributed by atoms with E-state index in [-0.39, 0.29) is 23.8 Å². The third kappa shape index (κ3) is 3.85. The number of methoxy groups -OCH3 is 1. The van der Waals surface area contributed by atoms with Crippen LogP contribution in [0.15, 0.2) is 16.5 Å². The molecule has 0 saturated carbocycles. The highest BCUT2D eigenvalue weighted by atomic mass is 16.5. The average Bonchev–Trinajstić information content (AvgIpc) is 2.95. The zero-order valence-corrected chi connectivity index (χ0v) is 12.7. The Bertz CT molecular complexity index is 504. The van der Waals surface area contributed by atoms with Crippen molar-refractivity contribution >= 4 is 11.9 Å². The summed E-state index contributed by atoms with van der Waals surface area (Å²) in [5.41, 5.74) is 0. The molecule has 1 N–H and O–H groups in total. The van der Waals surface area contributed by atoms with Gasteiger partial charge in [-0.1, -0.05) is 0 Å². The maximum absolute atomic E-state index is 11.4. The third-order valence-electron chi connectivity index (χ3n) is 3.91. The van der Waals surface area contributed by atoms with E-state index < -0.39 is 5.97 Å². The molecule has 1 atom stereocenters. The summed E-state index contributed by atoms with van der Waals surface area (Å²) in [7, 11) is 1.33. The van der Waals surface area contributed by atoms with Crippen molar-refractivity contribution in [2.24, 2.45) is 0 Å². The number of likely N-dealkylation sites (tertiary alicyclic amines) is 1. The summed E-state index contributed by atoms with van der Waals surface area (Å²) < 4.78 is 10.2. The summed E-state index contributed by atoms with van der Waals surface area (Å²) in [6, 6.07) is 3.81. The minimum Gasteiger partial charge on any atom is -0.463 e. The smallest absolute Gasteiger partial charge is 0.373 e. The SMILES string of the molecule is COC(=O)c1ccc(C(C)N2CCC(NC(C)=O)CC2)o1. The van der Waals surface area contributed by atoms with Gasteiger partial charge in [-0.05, 0) is 31.9 Å². The van der Waals surface area contributed by atoms with Crippen LogP contribution in [0.4, 0.5) is 0 Å². The second kappa shape index (κ2) is 6.76. The van der Waals surface area contributed by atoms with Crippen LogP contribution in [0.2, 0.25) is 0 Å². The second-order valence-corrected chi connectivity index (χ2v) is 5.38. The van der Waals surface area contributed by atoms with Gasteiger partial charge in [-0.15, -0.1) is 0 Å². The minimum atomic E-state index is -0.460. The van der Waals surface area contributed by atoms with Crippen molar-refractivity contribution in [3.05, 3.63) is 23.7 Å². The summed E-state index contributed by atoms with van der Waals surface area (Å²) in [4.78, 5) is 24.8. The quantitative estimate of drug-likeness (QED) is 0.856. The molecule has 21 heavy (non-hydrogen) atoms. The highest BCUT2D eigenvalue weighted by molar-refractivity contribution is 5.86. The fourth-order valence-corrected chi connectivity index (χ4v) is 2.69. The molecule has 1 aromatic heterocycles. The van der Waals surface area contributed by atoms with Crippen molar-refractivity contribution < 1.29 is 18.7 Å². The summed E-state index contributed by atoms with van der Waals surface area (Å²) in [6.45, 7) is 5.38. The minimum absolute atomic E-state index is 0.0234. The van der Waals surface area contributed by atoms with E-state index >= 15 is 0 Å². The van der Waals surface area contributed by atoms with E-state index in [2.05, 4.69) is 21.9 Å². The van der Waals surface area contributed by atoms with Gasteiger partial charge in [0.1, 0.15) is 5.76 Å². The molecule has 0 spiro atoms. The molecule has 0 radical (unpaired) electrons. The monoisotopic (exact) mass is 294 g/mol. The van der Waals surface area contributed by atoms with Gasteiger partial charge < -0.3 is 14.5 Å². The van der Waals surface area contributed by atoms with E-state index in [1.165, 1.54) is 7.11 Å². The van der Waals surface area contributed by atoms with Gasteiger partial charge in [0.25, 0.3) is 0 Å². The molecule has 2 rings (SSSR count). The number of hydrogen-bond acceptors (Lipinski definition) is 5. The van der Waals surface area contributed by atoms with Crippen LogP contribution in [-0.2, 0) is 9.53 Å². The fraction of sp³-hybridized carbons (Fsp3) is 0.600. The Morgan fingerprint density at radius 3 is 2.62 bits per heavy atom. The first-order valence-electron chi connectivity index (χ1n) is 7.20. The lowest BCUT2D eigenvalue weighted by molar-refractivity contribution is -0.120. The Morgan fingerprint density at radius 2 is 2.05 bits per heavy atom. The number of ether oxygens (including phenoxy) is 1. The number of nitrogens with one attached hydrogen (secondary N) is 1. The Kier molecular flexibility index (Phi) is 5.01. The van der Waals surface area contributed by atoms with Crippen molar-refractivity contribution in [3.63, 3.8) is 0 Å². The second-order valence-electron chi connectivity index (χ2n) is 5.38. The Morgan fingerprint density at radius 1 is 1.38 bits per heavy atom. The number of carbonyl (C=O) groups is 2. The normalized spacial score (nSPS) is 18.2. The van der Waals surface area contributed by atoms with E-state index in [4.69, 9.17) is 4.42 Å². The molecule has 6 nitrogen and oxygen atoms in total. The molecule has 0 aromatic carbocycles. The predicted molar refractivity (Wildman–Crippen MR) is 76.9 cm³/mol. The maximum Gasteiger partial charge on any atom is 0.373 e. The Hall–Kier alpha value is -1.82. The number of piperidine rings is 1. The molecule has 1 unspecified atom stereocenters. The largest absolute Gasteiger partial charge is 0.463 e. The summed E-state index contributed by atoms with van der Waals surface area (Å²) >= 11 is 0. The molecule has 1 saturated heterocycles. The predicted octanol–water partition coefficient (Wildman–Crippen LogP) is 1.73. The van der Waals surface area contributed by atoms with Crippen molar-refractivity contribution in [1.29, 1.82) is 0 Å². The molecular formula is C15H22N2O4. The number of rotatable bonds is 4. The lowest BCUT2D eigenvalue weighted by Gasteiger charge is -2.35. The van der Waals surface area contributed by atoms with Crippen molar-refractivity contribution in [2.75, 3.05) is 20.2 Å². The first kappa shape index (κ1) is 15.6. The average molecular weight is 294 g/mol. The number of nitrogens with zero attached hydrogens (tertiary/aromatic N) is 1. The molecule has 1 aliphatic heterocycles. The van der Waals surface area contributed by atoms with E-state index in [0.29, 0.717) is 0 Å². The third-order valence-corrected chi connectivity index (χ3v) is 3.91. The van der Waals surface area contributed by atoms with Crippen molar-refractivity contribution in [2.45, 2.75) is 38.8 Å². The standard InChI is InChI=1S/C15H22N2O4/c1-10(13-4-5-14(21-13)15(19)20-3)17-8-6-12(7-9-17)16-11(2)18/h4-5,10,12H,6-9H2,1-3H3,(H,16,18). The number of carbonyl (C=O) groups excluding carboxylic acids is 2. The van der Waals surface area contributed by atoms with E-state index in [1.807, 2.05) is 6.07 Å². The van der Waals surface area contributed by atoms with Crippen molar-refractivity contribution in [1.82, 2.24) is 10.2 Å². The van der Waals surface area contributed by atoms with Gasteiger partial charge in [-0.3, -0.25) is 9.69 Å². The van der Waals surface area contributed by atoms with Gasteiger partial charge in [-0.25, -0.2) is 4.79 Å². The fourth-order valence-electron chi connectivity index (χ4n) is 2.69. The van der Waals surface area contributed by atoms with Crippen LogP contribution in [0, 0.1) is 0 Å². The highest BCUT2D eigenvalue weighted by Crippen LogP contribution is 2.26. The lowest BCUT2D eigenvalue weighted by atomic mass is 10.0. The number of hydrogen-bond donors (Lipinski definition) is 1. The summed E-state index contributed by atoms with van der Waals surface area (Å²) in [6.07, 6.45) is 1.85. The van der Waals surface area contributed by atoms with Crippen LogP contribution in [0.3, 0.4) is 0 Å². The van der Waals surface area contributed by atoms with Crippen LogP contribution in [0.1, 0.15) is 49.0 Å². The van der Waals surface area contributed by atoms with Gasteiger partial charge >= 0.3 is 5.97 Å². The van der Waals surface area contributed by atoms with Gasteiger partial charge in [0, 0.05) is 26.1 Å². The van der Waals surface area contributed by atoms with Crippen LogP contribution in [0.25, 0.3) is 0 Å². The molecule has 6 heteroatoms. The first-order chi connectivity index (χ1) is 10.0. The number of esters is 1. The molecule has 1 amide bonds. The Labute approximate surface area is 124 Å². The van der Waals surface area contributed by atoms with Crippen LogP contribution in [0.5, 0.6) is 0 Å². The molecule has 0 aliphatic carbocycles. The van der Waals surface area contributed by atoms with Crippen LogP contribution < -0.4 is 5.32 Å². The lowest BCUT2D eigenvalue weighted by Crippen LogP contribution is -2.44. The molecule has 1 aliphatic rings. The molecule has 2 heterocycles. The molecule has 1 aromatic rings. The van der Waals surface area contributed by atoms with Gasteiger partial charge in [0.2, 0.25) is 11.7 Å². The van der Waals surface area contributed by atoms with E-state index in [0.717, 1.165) is 31.7 Å². The first-order valence-corrected chi connectivity index (χ1v) is 7.20. The van der Waals surface area contributed by atoms with Gasteiger partial charge in [-0.2, -0.15) is 0 Å². The molecule has 0 bridgehead atoms. The topological polar surface area (TPSA) is 71.8 Å².